The molecule has 2 amide bonds. The first-order chi connectivity index (χ1) is 13.5. The number of ether oxygens (including phenoxy) is 1. The van der Waals surface area contributed by atoms with Gasteiger partial charge in [-0.15, -0.1) is 0 Å². The number of rotatable bonds is 4. The number of aryl methyl sites for hydroxylation is 1. The fourth-order valence-corrected chi connectivity index (χ4v) is 3.20. The monoisotopic (exact) mass is 380 g/mol. The Balaban J connectivity index is 1.46. The standard InChI is InChI=1S/C20H20N4O4/c1-13-6-7-18(28-13)16-11-17(22-21-16)20(26)23-8-9-24(19(25)12-23)14-4-3-5-15(10-14)27-2/h3-7,10-11H,8-9,12H2,1-2H3,(H,21,22). The van der Waals surface area contributed by atoms with Gasteiger partial charge in [0.15, 0.2) is 11.5 Å². The SMILES string of the molecule is COc1cccc(N2CCN(C(=O)c3cc(-c4ccc(C)o4)[nH]n3)CC2=O)c1. The van der Waals surface area contributed by atoms with Crippen molar-refractivity contribution >= 4 is 17.5 Å². The first-order valence-electron chi connectivity index (χ1n) is 8.91. The van der Waals surface area contributed by atoms with Crippen LogP contribution in [-0.4, -0.2) is 53.7 Å². The molecule has 1 aromatic carbocycles. The highest BCUT2D eigenvalue weighted by Crippen LogP contribution is 2.24. The number of nitrogens with one attached hydrogen (secondary N) is 1. The van der Waals surface area contributed by atoms with Crippen molar-refractivity contribution in [3.05, 3.63) is 53.9 Å². The number of H-pyrrole nitrogens is 1. The number of benzene rings is 1. The number of amides is 2. The van der Waals surface area contributed by atoms with Gasteiger partial charge < -0.3 is 19.0 Å². The second-order valence-electron chi connectivity index (χ2n) is 6.55. The van der Waals surface area contributed by atoms with Crippen molar-refractivity contribution in [2.45, 2.75) is 6.92 Å². The summed E-state index contributed by atoms with van der Waals surface area (Å²) < 4.78 is 10.8. The molecule has 1 N–H and O–H groups in total. The minimum absolute atomic E-state index is 0.00189. The smallest absolute Gasteiger partial charge is 0.274 e. The van der Waals surface area contributed by atoms with Crippen LogP contribution >= 0.6 is 0 Å². The van der Waals surface area contributed by atoms with Gasteiger partial charge in [0.1, 0.15) is 23.7 Å². The Morgan fingerprint density at radius 1 is 1.21 bits per heavy atom. The number of methoxy groups -OCH3 is 1. The van der Waals surface area contributed by atoms with Crippen LogP contribution in [0.2, 0.25) is 0 Å². The number of piperazine rings is 1. The predicted molar refractivity (Wildman–Crippen MR) is 102 cm³/mol. The molecule has 1 saturated heterocycles. The van der Waals surface area contributed by atoms with Gasteiger partial charge >= 0.3 is 0 Å². The van der Waals surface area contributed by atoms with E-state index in [9.17, 15) is 9.59 Å². The van der Waals surface area contributed by atoms with E-state index < -0.39 is 0 Å². The zero-order chi connectivity index (χ0) is 19.7. The molecule has 0 atom stereocenters. The van der Waals surface area contributed by atoms with Gasteiger partial charge in [-0.2, -0.15) is 5.10 Å². The summed E-state index contributed by atoms with van der Waals surface area (Å²) in [4.78, 5) is 28.5. The van der Waals surface area contributed by atoms with E-state index >= 15 is 0 Å². The fraction of sp³-hybridized carbons (Fsp3) is 0.250. The Hall–Kier alpha value is -3.55. The summed E-state index contributed by atoms with van der Waals surface area (Å²) in [6.07, 6.45) is 0. The van der Waals surface area contributed by atoms with E-state index in [0.29, 0.717) is 30.3 Å². The molecule has 2 aromatic heterocycles. The maximum atomic E-state index is 12.8. The molecule has 0 bridgehead atoms. The van der Waals surface area contributed by atoms with Crippen molar-refractivity contribution in [1.29, 1.82) is 0 Å². The number of nitrogens with zero attached hydrogens (tertiary/aromatic N) is 3. The molecule has 0 saturated carbocycles. The molecule has 28 heavy (non-hydrogen) atoms. The van der Waals surface area contributed by atoms with Gasteiger partial charge in [0.25, 0.3) is 5.91 Å². The Labute approximate surface area is 161 Å². The molecular formula is C20H20N4O4. The van der Waals surface area contributed by atoms with E-state index in [4.69, 9.17) is 9.15 Å². The van der Waals surface area contributed by atoms with Gasteiger partial charge in [-0.3, -0.25) is 14.7 Å². The van der Waals surface area contributed by atoms with E-state index in [1.807, 2.05) is 37.3 Å². The molecule has 8 heteroatoms. The molecule has 1 aliphatic rings. The van der Waals surface area contributed by atoms with E-state index in [2.05, 4.69) is 10.2 Å². The molecule has 0 unspecified atom stereocenters. The van der Waals surface area contributed by atoms with Crippen LogP contribution < -0.4 is 9.64 Å². The Morgan fingerprint density at radius 3 is 2.79 bits per heavy atom. The van der Waals surface area contributed by atoms with E-state index in [1.54, 1.807) is 24.1 Å². The van der Waals surface area contributed by atoms with Crippen LogP contribution in [0.1, 0.15) is 16.2 Å². The summed E-state index contributed by atoms with van der Waals surface area (Å²) in [5.41, 5.74) is 1.64. The molecule has 1 aliphatic heterocycles. The molecule has 144 valence electrons. The summed E-state index contributed by atoms with van der Waals surface area (Å²) in [5, 5.41) is 6.90. The van der Waals surface area contributed by atoms with E-state index in [0.717, 1.165) is 11.4 Å². The van der Waals surface area contributed by atoms with Gasteiger partial charge in [-0.25, -0.2) is 0 Å². The second-order valence-corrected chi connectivity index (χ2v) is 6.55. The number of aromatic amines is 1. The maximum absolute atomic E-state index is 12.8. The molecule has 3 heterocycles. The van der Waals surface area contributed by atoms with Crippen LogP contribution in [0.5, 0.6) is 5.75 Å². The number of hydrogen-bond acceptors (Lipinski definition) is 5. The van der Waals surface area contributed by atoms with Crippen LogP contribution in [0.3, 0.4) is 0 Å². The topological polar surface area (TPSA) is 91.7 Å². The minimum Gasteiger partial charge on any atom is -0.497 e. The van der Waals surface area contributed by atoms with Gasteiger partial charge in [-0.1, -0.05) is 6.07 Å². The van der Waals surface area contributed by atoms with E-state index in [1.165, 1.54) is 4.90 Å². The molecule has 4 rings (SSSR count). The number of furan rings is 1. The van der Waals surface area contributed by atoms with Crippen molar-refractivity contribution in [3.63, 3.8) is 0 Å². The predicted octanol–water partition coefficient (Wildman–Crippen LogP) is 2.48. The quantitative estimate of drug-likeness (QED) is 0.751. The molecule has 1 fully saturated rings. The zero-order valence-electron chi connectivity index (χ0n) is 15.6. The number of carbonyl (C=O) groups is 2. The van der Waals surface area contributed by atoms with Gasteiger partial charge in [-0.05, 0) is 31.2 Å². The van der Waals surface area contributed by atoms with E-state index in [-0.39, 0.29) is 24.1 Å². The van der Waals surface area contributed by atoms with Crippen molar-refractivity contribution in [3.8, 4) is 17.2 Å². The third-order valence-corrected chi connectivity index (χ3v) is 4.68. The third kappa shape index (κ3) is 3.36. The fourth-order valence-electron chi connectivity index (χ4n) is 3.20. The van der Waals surface area contributed by atoms with Gasteiger partial charge in [0.05, 0.1) is 7.11 Å². The van der Waals surface area contributed by atoms with Crippen LogP contribution in [-0.2, 0) is 4.79 Å². The highest BCUT2D eigenvalue weighted by atomic mass is 16.5. The van der Waals surface area contributed by atoms with Crippen LogP contribution in [0.25, 0.3) is 11.5 Å². The normalized spacial score (nSPS) is 14.4. The second kappa shape index (κ2) is 7.22. The van der Waals surface area contributed by atoms with Gasteiger partial charge in [0, 0.05) is 30.9 Å². The lowest BCUT2D eigenvalue weighted by Gasteiger charge is -2.34. The lowest BCUT2D eigenvalue weighted by atomic mass is 10.2. The van der Waals surface area contributed by atoms with Crippen molar-refractivity contribution in [2.24, 2.45) is 0 Å². The third-order valence-electron chi connectivity index (χ3n) is 4.68. The summed E-state index contributed by atoms with van der Waals surface area (Å²) in [6.45, 7) is 2.67. The molecule has 0 aliphatic carbocycles. The molecule has 3 aromatic rings. The average Bonchev–Trinajstić information content (AvgIpc) is 3.36. The summed E-state index contributed by atoms with van der Waals surface area (Å²) in [7, 11) is 1.58. The number of carbonyl (C=O) groups excluding carboxylic acids is 2. The lowest BCUT2D eigenvalue weighted by Crippen LogP contribution is -2.52. The minimum atomic E-state index is -0.288. The zero-order valence-corrected chi connectivity index (χ0v) is 15.6. The van der Waals surface area contributed by atoms with Crippen LogP contribution in [0, 0.1) is 6.92 Å². The lowest BCUT2D eigenvalue weighted by molar-refractivity contribution is -0.120. The molecule has 8 nitrogen and oxygen atoms in total. The summed E-state index contributed by atoms with van der Waals surface area (Å²) >= 11 is 0. The van der Waals surface area contributed by atoms with Crippen LogP contribution in [0.15, 0.2) is 46.9 Å². The van der Waals surface area contributed by atoms with Crippen molar-refractivity contribution in [2.75, 3.05) is 31.6 Å². The number of aromatic nitrogens is 2. The molecule has 0 spiro atoms. The highest BCUT2D eigenvalue weighted by Gasteiger charge is 2.30. The first-order valence-corrected chi connectivity index (χ1v) is 8.91. The largest absolute Gasteiger partial charge is 0.497 e. The van der Waals surface area contributed by atoms with Gasteiger partial charge in [0.2, 0.25) is 5.91 Å². The number of hydrogen-bond donors (Lipinski definition) is 1. The molecular weight excluding hydrogens is 360 g/mol. The Kier molecular flexibility index (Phi) is 4.60. The summed E-state index contributed by atoms with van der Waals surface area (Å²) in [5.74, 6) is 1.63. The molecule has 0 radical (unpaired) electrons. The highest BCUT2D eigenvalue weighted by molar-refractivity contribution is 6.01. The Bertz CT molecular complexity index is 1020. The van der Waals surface area contributed by atoms with Crippen molar-refractivity contribution < 1.29 is 18.7 Å². The summed E-state index contributed by atoms with van der Waals surface area (Å²) in [6, 6.07) is 12.6. The van der Waals surface area contributed by atoms with Crippen LogP contribution in [0.4, 0.5) is 5.69 Å². The number of anilines is 1. The Morgan fingerprint density at radius 2 is 2.07 bits per heavy atom. The average molecular weight is 380 g/mol. The van der Waals surface area contributed by atoms with Crippen molar-refractivity contribution in [1.82, 2.24) is 15.1 Å². The maximum Gasteiger partial charge on any atom is 0.274 e. The first kappa shape index (κ1) is 17.8.